The Balaban J connectivity index is 1.75. The number of carbonyl (C=O) groups is 2. The molecule has 0 unspecified atom stereocenters. The molecule has 27 heavy (non-hydrogen) atoms. The SMILES string of the molecule is CCn1nccc1C(=O)Nc1cccc(NC(=O)c2c(Cl)cnn2CC)c1. The molecule has 9 heteroatoms. The van der Waals surface area contributed by atoms with Crippen molar-refractivity contribution in [3.63, 3.8) is 0 Å². The lowest BCUT2D eigenvalue weighted by molar-refractivity contribution is 0.100. The fourth-order valence-electron chi connectivity index (χ4n) is 2.67. The van der Waals surface area contributed by atoms with Crippen molar-refractivity contribution in [2.75, 3.05) is 10.6 Å². The second-order valence-electron chi connectivity index (χ2n) is 5.68. The maximum atomic E-state index is 12.5. The smallest absolute Gasteiger partial charge is 0.275 e. The summed E-state index contributed by atoms with van der Waals surface area (Å²) in [4.78, 5) is 24.9. The van der Waals surface area contributed by atoms with Gasteiger partial charge in [0.15, 0.2) is 0 Å². The Bertz CT molecular complexity index is 978. The number of anilines is 2. The molecule has 0 radical (unpaired) electrons. The first-order valence-corrected chi connectivity index (χ1v) is 8.87. The quantitative estimate of drug-likeness (QED) is 0.679. The molecule has 0 bridgehead atoms. The zero-order chi connectivity index (χ0) is 19.4. The molecule has 8 nitrogen and oxygen atoms in total. The molecule has 0 atom stereocenters. The van der Waals surface area contributed by atoms with E-state index in [0.29, 0.717) is 35.9 Å². The van der Waals surface area contributed by atoms with Crippen molar-refractivity contribution >= 4 is 34.8 Å². The Kier molecular flexibility index (Phi) is 5.56. The maximum Gasteiger partial charge on any atom is 0.275 e. The monoisotopic (exact) mass is 386 g/mol. The lowest BCUT2D eigenvalue weighted by Gasteiger charge is -2.10. The van der Waals surface area contributed by atoms with Crippen LogP contribution in [0.15, 0.2) is 42.7 Å². The Labute approximate surface area is 161 Å². The van der Waals surface area contributed by atoms with Gasteiger partial charge in [-0.2, -0.15) is 10.2 Å². The zero-order valence-corrected chi connectivity index (χ0v) is 15.7. The van der Waals surface area contributed by atoms with Gasteiger partial charge in [-0.15, -0.1) is 0 Å². The van der Waals surface area contributed by atoms with Gasteiger partial charge in [0.05, 0.1) is 11.2 Å². The molecule has 0 aliphatic heterocycles. The Hall–Kier alpha value is -3.13. The molecule has 2 amide bonds. The molecule has 0 spiro atoms. The number of carbonyl (C=O) groups excluding carboxylic acids is 2. The third kappa shape index (κ3) is 4.01. The van der Waals surface area contributed by atoms with Crippen molar-refractivity contribution in [3.05, 3.63) is 59.1 Å². The number of hydrogen-bond donors (Lipinski definition) is 2. The van der Waals surface area contributed by atoms with Gasteiger partial charge in [0.2, 0.25) is 0 Å². The van der Waals surface area contributed by atoms with Crippen molar-refractivity contribution in [3.8, 4) is 0 Å². The highest BCUT2D eigenvalue weighted by Crippen LogP contribution is 2.20. The highest BCUT2D eigenvalue weighted by Gasteiger charge is 2.17. The summed E-state index contributed by atoms with van der Waals surface area (Å²) >= 11 is 6.06. The maximum absolute atomic E-state index is 12.5. The van der Waals surface area contributed by atoms with E-state index in [1.165, 1.54) is 10.9 Å². The normalized spacial score (nSPS) is 10.6. The van der Waals surface area contributed by atoms with E-state index < -0.39 is 0 Å². The van der Waals surface area contributed by atoms with Crippen molar-refractivity contribution < 1.29 is 9.59 Å². The van der Waals surface area contributed by atoms with Crippen LogP contribution in [0.25, 0.3) is 0 Å². The number of amides is 2. The van der Waals surface area contributed by atoms with Crippen LogP contribution in [0.1, 0.15) is 34.8 Å². The molecule has 0 saturated heterocycles. The van der Waals surface area contributed by atoms with Crippen LogP contribution in [0.2, 0.25) is 5.02 Å². The summed E-state index contributed by atoms with van der Waals surface area (Å²) in [6.07, 6.45) is 3.02. The summed E-state index contributed by atoms with van der Waals surface area (Å²) in [5.41, 5.74) is 1.84. The van der Waals surface area contributed by atoms with E-state index >= 15 is 0 Å². The number of aryl methyl sites for hydroxylation is 2. The van der Waals surface area contributed by atoms with E-state index in [1.807, 2.05) is 13.8 Å². The number of halogens is 1. The Morgan fingerprint density at radius 2 is 1.67 bits per heavy atom. The van der Waals surface area contributed by atoms with Crippen LogP contribution in [0.5, 0.6) is 0 Å². The highest BCUT2D eigenvalue weighted by molar-refractivity contribution is 6.34. The molecule has 0 saturated carbocycles. The van der Waals surface area contributed by atoms with E-state index in [0.717, 1.165) is 0 Å². The predicted molar refractivity (Wildman–Crippen MR) is 103 cm³/mol. The number of rotatable bonds is 6. The molecule has 2 N–H and O–H groups in total. The average molecular weight is 387 g/mol. The van der Waals surface area contributed by atoms with Crippen molar-refractivity contribution in [2.45, 2.75) is 26.9 Å². The van der Waals surface area contributed by atoms with E-state index in [1.54, 1.807) is 41.2 Å². The van der Waals surface area contributed by atoms with Crippen LogP contribution in [-0.2, 0) is 13.1 Å². The summed E-state index contributed by atoms with van der Waals surface area (Å²) in [6, 6.07) is 8.52. The molecule has 0 aliphatic rings. The van der Waals surface area contributed by atoms with Crippen molar-refractivity contribution in [2.24, 2.45) is 0 Å². The van der Waals surface area contributed by atoms with Crippen LogP contribution >= 0.6 is 11.6 Å². The molecule has 0 fully saturated rings. The first-order chi connectivity index (χ1) is 13.0. The van der Waals surface area contributed by atoms with Crippen LogP contribution in [0, 0.1) is 0 Å². The third-order valence-electron chi connectivity index (χ3n) is 3.94. The predicted octanol–water partition coefficient (Wildman–Crippen LogP) is 3.28. The van der Waals surface area contributed by atoms with Crippen LogP contribution in [-0.4, -0.2) is 31.4 Å². The topological polar surface area (TPSA) is 93.8 Å². The van der Waals surface area contributed by atoms with Crippen molar-refractivity contribution in [1.82, 2.24) is 19.6 Å². The van der Waals surface area contributed by atoms with E-state index in [4.69, 9.17) is 11.6 Å². The zero-order valence-electron chi connectivity index (χ0n) is 14.9. The minimum absolute atomic E-state index is 0.273. The minimum Gasteiger partial charge on any atom is -0.321 e. The summed E-state index contributed by atoms with van der Waals surface area (Å²) in [7, 11) is 0. The largest absolute Gasteiger partial charge is 0.321 e. The number of aromatic nitrogens is 4. The molecular formula is C18H19ClN6O2. The Morgan fingerprint density at radius 3 is 2.33 bits per heavy atom. The van der Waals surface area contributed by atoms with Gasteiger partial charge >= 0.3 is 0 Å². The fourth-order valence-corrected chi connectivity index (χ4v) is 2.89. The minimum atomic E-state index is -0.369. The second kappa shape index (κ2) is 8.05. The van der Waals surface area contributed by atoms with E-state index in [-0.39, 0.29) is 16.8 Å². The van der Waals surface area contributed by atoms with Gasteiger partial charge in [0, 0.05) is 30.7 Å². The molecule has 1 aromatic carbocycles. The number of hydrogen-bond acceptors (Lipinski definition) is 4. The first-order valence-electron chi connectivity index (χ1n) is 8.49. The van der Waals surface area contributed by atoms with Crippen LogP contribution < -0.4 is 10.6 Å². The molecule has 2 heterocycles. The van der Waals surface area contributed by atoms with Gasteiger partial charge < -0.3 is 10.6 Å². The molecule has 2 aromatic heterocycles. The first kappa shape index (κ1) is 18.7. The average Bonchev–Trinajstić information content (AvgIpc) is 3.27. The van der Waals surface area contributed by atoms with Gasteiger partial charge in [-0.25, -0.2) is 0 Å². The summed E-state index contributed by atoms with van der Waals surface area (Å²) in [6.45, 7) is 4.90. The lowest BCUT2D eigenvalue weighted by atomic mass is 10.2. The number of nitrogens with one attached hydrogen (secondary N) is 2. The van der Waals surface area contributed by atoms with Gasteiger partial charge in [-0.05, 0) is 38.1 Å². The van der Waals surface area contributed by atoms with Gasteiger partial charge in [-0.1, -0.05) is 17.7 Å². The summed E-state index contributed by atoms with van der Waals surface area (Å²) in [5.74, 6) is -0.642. The Morgan fingerprint density at radius 1 is 1.00 bits per heavy atom. The molecule has 140 valence electrons. The standard InChI is InChI=1S/C18H19ClN6O2/c1-3-24-15(8-9-20-24)17(26)22-12-6-5-7-13(10-12)23-18(27)16-14(19)11-21-25(16)4-2/h5-11H,3-4H2,1-2H3,(H,22,26)(H,23,27). The number of benzene rings is 1. The van der Waals surface area contributed by atoms with Gasteiger partial charge in [-0.3, -0.25) is 19.0 Å². The van der Waals surface area contributed by atoms with E-state index in [2.05, 4.69) is 20.8 Å². The fraction of sp³-hybridized carbons (Fsp3) is 0.222. The molecule has 3 rings (SSSR count). The van der Waals surface area contributed by atoms with Gasteiger partial charge in [0.25, 0.3) is 11.8 Å². The highest BCUT2D eigenvalue weighted by atomic mass is 35.5. The lowest BCUT2D eigenvalue weighted by Crippen LogP contribution is -2.19. The van der Waals surface area contributed by atoms with Crippen molar-refractivity contribution in [1.29, 1.82) is 0 Å². The second-order valence-corrected chi connectivity index (χ2v) is 6.09. The van der Waals surface area contributed by atoms with Crippen LogP contribution in [0.4, 0.5) is 11.4 Å². The van der Waals surface area contributed by atoms with Gasteiger partial charge in [0.1, 0.15) is 11.4 Å². The molecule has 0 aliphatic carbocycles. The molecule has 3 aromatic rings. The van der Waals surface area contributed by atoms with Crippen LogP contribution in [0.3, 0.4) is 0 Å². The van der Waals surface area contributed by atoms with E-state index in [9.17, 15) is 9.59 Å². The summed E-state index contributed by atoms with van der Waals surface area (Å²) < 4.78 is 3.13. The third-order valence-corrected chi connectivity index (χ3v) is 4.21. The summed E-state index contributed by atoms with van der Waals surface area (Å²) in [5, 5.41) is 14.0. The molecular weight excluding hydrogens is 368 g/mol. The number of nitrogens with zero attached hydrogens (tertiary/aromatic N) is 4.